The Balaban J connectivity index is 1.49. The molecule has 3 heterocycles. The number of allylic oxidation sites excluding steroid dienone is 2. The van der Waals surface area contributed by atoms with Gasteiger partial charge in [0.15, 0.2) is 11.3 Å². The highest BCUT2D eigenvalue weighted by molar-refractivity contribution is 5.93. The second kappa shape index (κ2) is 9.54. The molecule has 1 saturated carbocycles. The molecule has 1 saturated heterocycles. The lowest BCUT2D eigenvalue weighted by molar-refractivity contribution is 0.0755. The fourth-order valence-electron chi connectivity index (χ4n) is 5.66. The zero-order valence-electron chi connectivity index (χ0n) is 18.8. The summed E-state index contributed by atoms with van der Waals surface area (Å²) < 4.78 is 1.95. The van der Waals surface area contributed by atoms with Crippen molar-refractivity contribution >= 4 is 17.1 Å². The molecule has 0 radical (unpaired) electrons. The lowest BCUT2D eigenvalue weighted by Crippen LogP contribution is -2.32. The number of aromatic nitrogens is 3. The Labute approximate surface area is 185 Å². The maximum Gasteiger partial charge on any atom is 0.274 e. The Kier molecular flexibility index (Phi) is 6.37. The van der Waals surface area contributed by atoms with Crippen LogP contribution in [0.3, 0.4) is 0 Å². The van der Waals surface area contributed by atoms with Crippen LogP contribution in [0.25, 0.3) is 11.2 Å². The van der Waals surface area contributed by atoms with E-state index in [-0.39, 0.29) is 5.91 Å². The second-order valence-corrected chi connectivity index (χ2v) is 9.82. The van der Waals surface area contributed by atoms with Crippen LogP contribution in [-0.2, 0) is 6.42 Å². The van der Waals surface area contributed by atoms with E-state index in [4.69, 9.17) is 10.1 Å². The van der Waals surface area contributed by atoms with Gasteiger partial charge in [-0.3, -0.25) is 4.79 Å². The minimum absolute atomic E-state index is 0.0739. The summed E-state index contributed by atoms with van der Waals surface area (Å²) in [6.07, 6.45) is 19.5. The number of nitrogens with zero attached hydrogens (tertiary/aromatic N) is 4. The molecular formula is C26H36N4O. The van der Waals surface area contributed by atoms with Crippen molar-refractivity contribution in [1.29, 1.82) is 0 Å². The minimum Gasteiger partial charge on any atom is -0.337 e. The Hall–Kier alpha value is -2.17. The summed E-state index contributed by atoms with van der Waals surface area (Å²) in [6.45, 7) is 1.70. The fraction of sp³-hybridized carbons (Fsp3) is 0.654. The standard InChI is InChI=1S/C26H36N4O/c31-26(29-15-9-1-2-10-16-29)23-19-25-27-22(17-20-11-5-3-6-12-20)18-24(30(25)28-23)21-13-7-4-8-14-21/h13,18-20H,1-12,14-17H2. The molecule has 5 nitrogen and oxygen atoms in total. The van der Waals surface area contributed by atoms with Gasteiger partial charge in [-0.25, -0.2) is 9.50 Å². The second-order valence-electron chi connectivity index (χ2n) is 9.82. The van der Waals surface area contributed by atoms with Crippen LogP contribution < -0.4 is 0 Å². The number of rotatable bonds is 4. The molecule has 5 heteroatoms. The molecule has 31 heavy (non-hydrogen) atoms. The summed E-state index contributed by atoms with van der Waals surface area (Å²) in [5.41, 5.74) is 5.11. The topological polar surface area (TPSA) is 50.5 Å². The van der Waals surface area contributed by atoms with Crippen molar-refractivity contribution < 1.29 is 4.79 Å². The lowest BCUT2D eigenvalue weighted by atomic mass is 9.86. The summed E-state index contributed by atoms with van der Waals surface area (Å²) in [5, 5.41) is 4.80. The van der Waals surface area contributed by atoms with Crippen molar-refractivity contribution in [3.05, 3.63) is 35.3 Å². The number of fused-ring (bicyclic) bond motifs is 1. The van der Waals surface area contributed by atoms with Crippen molar-refractivity contribution in [2.75, 3.05) is 13.1 Å². The number of hydrogen-bond acceptors (Lipinski definition) is 3. The van der Waals surface area contributed by atoms with Gasteiger partial charge < -0.3 is 4.90 Å². The Morgan fingerprint density at radius 2 is 1.71 bits per heavy atom. The average Bonchev–Trinajstić information content (AvgIpc) is 3.05. The maximum absolute atomic E-state index is 13.2. The van der Waals surface area contributed by atoms with E-state index in [1.165, 1.54) is 69.1 Å². The minimum atomic E-state index is 0.0739. The number of carbonyl (C=O) groups excluding carboxylic acids is 1. The SMILES string of the molecule is O=C(c1cc2nc(CC3CCCCC3)cc(C3=CCCCC3)n2n1)N1CCCCCC1. The van der Waals surface area contributed by atoms with Crippen LogP contribution in [0, 0.1) is 5.92 Å². The summed E-state index contributed by atoms with van der Waals surface area (Å²) >= 11 is 0. The molecule has 2 aromatic rings. The van der Waals surface area contributed by atoms with Crippen LogP contribution in [-0.4, -0.2) is 38.5 Å². The van der Waals surface area contributed by atoms with Crippen LogP contribution in [0.5, 0.6) is 0 Å². The molecule has 166 valence electrons. The predicted molar refractivity (Wildman–Crippen MR) is 124 cm³/mol. The van der Waals surface area contributed by atoms with Crippen molar-refractivity contribution in [1.82, 2.24) is 19.5 Å². The highest BCUT2D eigenvalue weighted by Gasteiger charge is 2.23. The van der Waals surface area contributed by atoms with E-state index in [0.717, 1.165) is 62.5 Å². The van der Waals surface area contributed by atoms with Gasteiger partial charge in [0.05, 0.1) is 5.69 Å². The van der Waals surface area contributed by atoms with E-state index in [0.29, 0.717) is 5.69 Å². The third-order valence-corrected chi connectivity index (χ3v) is 7.44. The van der Waals surface area contributed by atoms with Gasteiger partial charge >= 0.3 is 0 Å². The number of carbonyl (C=O) groups is 1. The van der Waals surface area contributed by atoms with Gasteiger partial charge in [-0.1, -0.05) is 51.0 Å². The molecule has 2 aromatic heterocycles. The van der Waals surface area contributed by atoms with Gasteiger partial charge in [-0.15, -0.1) is 0 Å². The third kappa shape index (κ3) is 4.70. The molecule has 0 spiro atoms. The zero-order chi connectivity index (χ0) is 21.0. The Morgan fingerprint density at radius 1 is 0.935 bits per heavy atom. The van der Waals surface area contributed by atoms with E-state index >= 15 is 0 Å². The van der Waals surface area contributed by atoms with E-state index in [1.54, 1.807) is 0 Å². The third-order valence-electron chi connectivity index (χ3n) is 7.44. The van der Waals surface area contributed by atoms with Crippen LogP contribution in [0.1, 0.15) is 105 Å². The van der Waals surface area contributed by atoms with E-state index in [1.807, 2.05) is 15.5 Å². The highest BCUT2D eigenvalue weighted by atomic mass is 16.2. The van der Waals surface area contributed by atoms with E-state index in [2.05, 4.69) is 12.1 Å². The molecule has 0 N–H and O–H groups in total. The van der Waals surface area contributed by atoms with E-state index in [9.17, 15) is 4.79 Å². The van der Waals surface area contributed by atoms with Crippen molar-refractivity contribution in [3.8, 4) is 0 Å². The van der Waals surface area contributed by atoms with E-state index < -0.39 is 0 Å². The van der Waals surface area contributed by atoms with Crippen LogP contribution in [0.2, 0.25) is 0 Å². The van der Waals surface area contributed by atoms with Crippen molar-refractivity contribution in [3.63, 3.8) is 0 Å². The fourth-order valence-corrected chi connectivity index (χ4v) is 5.66. The van der Waals surface area contributed by atoms with Gasteiger partial charge in [-0.05, 0) is 62.5 Å². The molecule has 0 aromatic carbocycles. The summed E-state index contributed by atoms with van der Waals surface area (Å²) in [7, 11) is 0. The van der Waals surface area contributed by atoms with Gasteiger partial charge in [-0.2, -0.15) is 5.10 Å². The molecule has 5 rings (SSSR count). The highest BCUT2D eigenvalue weighted by Crippen LogP contribution is 2.30. The predicted octanol–water partition coefficient (Wildman–Crippen LogP) is 5.83. The molecule has 3 aliphatic rings. The smallest absolute Gasteiger partial charge is 0.274 e. The van der Waals surface area contributed by atoms with Crippen LogP contribution in [0.15, 0.2) is 18.2 Å². The monoisotopic (exact) mass is 420 g/mol. The molecule has 0 unspecified atom stereocenters. The Bertz CT molecular complexity index is 946. The van der Waals surface area contributed by atoms with Crippen LogP contribution >= 0.6 is 0 Å². The Morgan fingerprint density at radius 3 is 2.45 bits per heavy atom. The van der Waals surface area contributed by atoms with Crippen molar-refractivity contribution in [2.24, 2.45) is 5.92 Å². The first kappa shape index (κ1) is 20.7. The zero-order valence-corrected chi connectivity index (χ0v) is 18.8. The quantitative estimate of drug-likeness (QED) is 0.626. The molecular weight excluding hydrogens is 384 g/mol. The number of likely N-dealkylation sites (tertiary alicyclic amines) is 1. The average molecular weight is 421 g/mol. The van der Waals surface area contributed by atoms with Gasteiger partial charge in [0.1, 0.15) is 0 Å². The molecule has 0 atom stereocenters. The molecule has 2 fully saturated rings. The normalized spacial score (nSPS) is 21.2. The van der Waals surface area contributed by atoms with Crippen molar-refractivity contribution in [2.45, 2.75) is 89.9 Å². The number of amides is 1. The van der Waals surface area contributed by atoms with Crippen LogP contribution in [0.4, 0.5) is 0 Å². The molecule has 1 aliphatic heterocycles. The summed E-state index contributed by atoms with van der Waals surface area (Å²) in [5.74, 6) is 0.822. The summed E-state index contributed by atoms with van der Waals surface area (Å²) in [4.78, 5) is 20.2. The first-order valence-electron chi connectivity index (χ1n) is 12.7. The molecule has 0 bridgehead atoms. The first-order chi connectivity index (χ1) is 15.3. The molecule has 1 amide bonds. The first-order valence-corrected chi connectivity index (χ1v) is 12.7. The summed E-state index contributed by atoms with van der Waals surface area (Å²) in [6, 6.07) is 4.20. The molecule has 2 aliphatic carbocycles. The lowest BCUT2D eigenvalue weighted by Gasteiger charge is -2.22. The maximum atomic E-state index is 13.2. The van der Waals surface area contributed by atoms with Gasteiger partial charge in [0.2, 0.25) is 0 Å². The van der Waals surface area contributed by atoms with Gasteiger partial charge in [0, 0.05) is 24.8 Å². The van der Waals surface area contributed by atoms with Gasteiger partial charge in [0.25, 0.3) is 5.91 Å². The largest absolute Gasteiger partial charge is 0.337 e. The number of hydrogen-bond donors (Lipinski definition) is 0.